The number of nitrogens with two attached hydrogens (primary N) is 1. The van der Waals surface area contributed by atoms with Gasteiger partial charge in [-0.2, -0.15) is 0 Å². The Bertz CT molecular complexity index is 518. The van der Waals surface area contributed by atoms with Crippen molar-refractivity contribution < 1.29 is 4.79 Å². The zero-order valence-corrected chi connectivity index (χ0v) is 13.5. The quantitative estimate of drug-likeness (QED) is 0.897. The Morgan fingerprint density at radius 1 is 1.33 bits per heavy atom. The molecule has 3 rings (SSSR count). The van der Waals surface area contributed by atoms with E-state index < -0.39 is 0 Å². The number of piperidine rings is 1. The fraction of sp³-hybridized carbons (Fsp3) is 0.733. The molecule has 0 radical (unpaired) electrons. The lowest BCUT2D eigenvalue weighted by Gasteiger charge is -2.38. The summed E-state index contributed by atoms with van der Waals surface area (Å²) in [5, 5.41) is 3.93. The summed E-state index contributed by atoms with van der Waals surface area (Å²) in [5.74, 6) is 0.304. The van der Waals surface area contributed by atoms with Crippen molar-refractivity contribution in [2.24, 2.45) is 5.41 Å². The highest BCUT2D eigenvalue weighted by molar-refractivity contribution is 7.18. The van der Waals surface area contributed by atoms with Crippen molar-refractivity contribution in [3.63, 3.8) is 0 Å². The molecule has 1 aliphatic heterocycles. The summed E-state index contributed by atoms with van der Waals surface area (Å²) in [6.45, 7) is 5.01. The first-order valence-electron chi connectivity index (χ1n) is 7.87. The fourth-order valence-electron chi connectivity index (χ4n) is 3.03. The minimum absolute atomic E-state index is 0.0682. The van der Waals surface area contributed by atoms with Gasteiger partial charge in [-0.3, -0.25) is 4.79 Å². The maximum atomic E-state index is 12.3. The summed E-state index contributed by atoms with van der Waals surface area (Å²) < 4.78 is 0. The first-order valence-corrected chi connectivity index (χ1v) is 8.69. The van der Waals surface area contributed by atoms with Crippen LogP contribution in [0.25, 0.3) is 0 Å². The number of hydrogen-bond donors (Lipinski definition) is 2. The van der Waals surface area contributed by atoms with E-state index in [1.807, 2.05) is 0 Å². The Kier molecular flexibility index (Phi) is 4.06. The molecule has 1 saturated carbocycles. The molecule has 2 aliphatic rings. The molecule has 0 bridgehead atoms. The predicted octanol–water partition coefficient (Wildman–Crippen LogP) is 2.64. The Morgan fingerprint density at radius 2 is 2.05 bits per heavy atom. The minimum atomic E-state index is -0.0682. The van der Waals surface area contributed by atoms with E-state index in [1.54, 1.807) is 0 Å². The Labute approximate surface area is 129 Å². The zero-order chi connectivity index (χ0) is 14.9. The van der Waals surface area contributed by atoms with Gasteiger partial charge < -0.3 is 16.0 Å². The number of anilines is 2. The smallest absolute Gasteiger partial charge is 0.265 e. The van der Waals surface area contributed by atoms with Crippen molar-refractivity contribution in [2.75, 3.05) is 30.3 Å². The Hall–Kier alpha value is -1.30. The summed E-state index contributed by atoms with van der Waals surface area (Å²) in [6, 6.07) is 0. The molecule has 116 valence electrons. The molecular formula is C15H24N4OS. The highest BCUT2D eigenvalue weighted by Gasteiger charge is 2.32. The van der Waals surface area contributed by atoms with Crippen LogP contribution in [0.4, 0.5) is 10.9 Å². The predicted molar refractivity (Wildman–Crippen MR) is 86.9 cm³/mol. The van der Waals surface area contributed by atoms with E-state index in [-0.39, 0.29) is 11.3 Å². The molecule has 0 atom stereocenters. The summed E-state index contributed by atoms with van der Waals surface area (Å²) in [5.41, 5.74) is 6.23. The number of amides is 1. The number of nitrogens with zero attached hydrogens (tertiary/aromatic N) is 2. The maximum absolute atomic E-state index is 12.3. The molecule has 0 unspecified atom stereocenters. The molecule has 2 heterocycles. The van der Waals surface area contributed by atoms with Crippen molar-refractivity contribution in [3.8, 4) is 0 Å². The number of nitrogens with one attached hydrogen (secondary N) is 1. The van der Waals surface area contributed by atoms with Gasteiger partial charge in [-0.15, -0.1) is 0 Å². The second-order valence-corrected chi connectivity index (χ2v) is 7.58. The summed E-state index contributed by atoms with van der Waals surface area (Å²) in [7, 11) is 0. The minimum Gasteiger partial charge on any atom is -0.382 e. The van der Waals surface area contributed by atoms with E-state index in [0.29, 0.717) is 10.7 Å². The Morgan fingerprint density at radius 3 is 2.67 bits per heavy atom. The number of hydrogen-bond acceptors (Lipinski definition) is 5. The van der Waals surface area contributed by atoms with Crippen LogP contribution in [0, 0.1) is 5.41 Å². The van der Waals surface area contributed by atoms with Crippen molar-refractivity contribution >= 4 is 28.2 Å². The highest BCUT2D eigenvalue weighted by Crippen LogP contribution is 2.39. The number of carbonyl (C=O) groups excluding carboxylic acids is 1. The molecule has 1 aliphatic carbocycles. The van der Waals surface area contributed by atoms with Crippen LogP contribution in [-0.2, 0) is 0 Å². The molecule has 2 fully saturated rings. The number of nitrogen functional groups attached to an aromatic ring is 1. The van der Waals surface area contributed by atoms with E-state index in [0.717, 1.165) is 24.8 Å². The number of aromatic nitrogens is 1. The molecule has 5 nitrogen and oxygen atoms in total. The topological polar surface area (TPSA) is 71.2 Å². The van der Waals surface area contributed by atoms with Gasteiger partial charge in [0.05, 0.1) is 0 Å². The van der Waals surface area contributed by atoms with Gasteiger partial charge in [0.2, 0.25) is 0 Å². The number of rotatable bonds is 4. The monoisotopic (exact) mass is 308 g/mol. The van der Waals surface area contributed by atoms with Gasteiger partial charge in [0.25, 0.3) is 5.91 Å². The van der Waals surface area contributed by atoms with Crippen LogP contribution < -0.4 is 16.0 Å². The Balaban J connectivity index is 1.64. The lowest BCUT2D eigenvalue weighted by Crippen LogP contribution is -2.39. The summed E-state index contributed by atoms with van der Waals surface area (Å²) in [6.07, 6.45) is 7.34. The molecule has 0 spiro atoms. The largest absolute Gasteiger partial charge is 0.382 e. The van der Waals surface area contributed by atoms with Gasteiger partial charge in [0, 0.05) is 19.6 Å². The molecule has 1 aromatic rings. The van der Waals surface area contributed by atoms with Crippen LogP contribution in [0.5, 0.6) is 0 Å². The van der Waals surface area contributed by atoms with Gasteiger partial charge in [-0.1, -0.05) is 24.7 Å². The van der Waals surface area contributed by atoms with Crippen molar-refractivity contribution in [2.45, 2.75) is 45.4 Å². The standard InChI is InChI=1S/C15H24N4OS/c1-15(6-5-7-15)10-17-13(20)11-12(16)18-14(21-11)19-8-3-2-4-9-19/h2-10,16H2,1H3,(H,17,20). The average molecular weight is 308 g/mol. The molecule has 0 aromatic carbocycles. The summed E-state index contributed by atoms with van der Waals surface area (Å²) >= 11 is 1.43. The van der Waals surface area contributed by atoms with Crippen LogP contribution in [0.15, 0.2) is 0 Å². The third-order valence-corrected chi connectivity index (χ3v) is 5.84. The lowest BCUT2D eigenvalue weighted by molar-refractivity contribution is 0.0895. The van der Waals surface area contributed by atoms with Gasteiger partial charge in [-0.25, -0.2) is 4.98 Å². The first kappa shape index (κ1) is 14.6. The molecule has 1 aromatic heterocycles. The molecule has 1 saturated heterocycles. The number of carbonyl (C=O) groups is 1. The second-order valence-electron chi connectivity index (χ2n) is 6.61. The molecule has 21 heavy (non-hydrogen) atoms. The van der Waals surface area contributed by atoms with Crippen molar-refractivity contribution in [1.82, 2.24) is 10.3 Å². The van der Waals surface area contributed by atoms with Crippen molar-refractivity contribution in [3.05, 3.63) is 4.88 Å². The second kappa shape index (κ2) is 5.83. The third-order valence-electron chi connectivity index (χ3n) is 4.71. The molecule has 1 amide bonds. The maximum Gasteiger partial charge on any atom is 0.265 e. The van der Waals surface area contributed by atoms with Crippen LogP contribution in [0.3, 0.4) is 0 Å². The lowest BCUT2D eigenvalue weighted by atomic mass is 9.70. The van der Waals surface area contributed by atoms with E-state index in [4.69, 9.17) is 5.73 Å². The van der Waals surface area contributed by atoms with Gasteiger partial charge in [-0.05, 0) is 37.5 Å². The SMILES string of the molecule is CC1(CNC(=O)c2sc(N3CCCCC3)nc2N)CCC1. The zero-order valence-electron chi connectivity index (χ0n) is 12.7. The summed E-state index contributed by atoms with van der Waals surface area (Å²) in [4.78, 5) is 19.5. The van der Waals surface area contributed by atoms with Crippen molar-refractivity contribution in [1.29, 1.82) is 0 Å². The molecule has 6 heteroatoms. The molecule has 3 N–H and O–H groups in total. The van der Waals surface area contributed by atoms with Gasteiger partial charge in [0.15, 0.2) is 5.13 Å². The normalized spacial score (nSPS) is 20.9. The molecular weight excluding hydrogens is 284 g/mol. The van der Waals surface area contributed by atoms with E-state index in [9.17, 15) is 4.79 Å². The number of thiazole rings is 1. The van der Waals surface area contributed by atoms with Gasteiger partial charge in [0.1, 0.15) is 10.7 Å². The average Bonchev–Trinajstić information content (AvgIpc) is 2.86. The van der Waals surface area contributed by atoms with Crippen LogP contribution in [0.2, 0.25) is 0 Å². The third kappa shape index (κ3) is 3.15. The first-order chi connectivity index (χ1) is 10.1. The van der Waals surface area contributed by atoms with Gasteiger partial charge >= 0.3 is 0 Å². The highest BCUT2D eigenvalue weighted by atomic mass is 32.1. The van der Waals surface area contributed by atoms with Crippen LogP contribution in [0.1, 0.15) is 55.1 Å². The fourth-order valence-corrected chi connectivity index (χ4v) is 3.99. The van der Waals surface area contributed by atoms with E-state index >= 15 is 0 Å². The van der Waals surface area contributed by atoms with Crippen LogP contribution >= 0.6 is 11.3 Å². The van der Waals surface area contributed by atoms with E-state index in [1.165, 1.54) is 49.9 Å². The van der Waals surface area contributed by atoms with Crippen LogP contribution in [-0.4, -0.2) is 30.5 Å². The van der Waals surface area contributed by atoms with E-state index in [2.05, 4.69) is 22.1 Å².